The molecule has 29 heavy (non-hydrogen) atoms. The third-order valence-electron chi connectivity index (χ3n) is 3.91. The average Bonchev–Trinajstić information content (AvgIpc) is 2.73. The van der Waals surface area contributed by atoms with Gasteiger partial charge in [0.25, 0.3) is 5.91 Å². The smallest absolute Gasteiger partial charge is 0.333 e. The van der Waals surface area contributed by atoms with Gasteiger partial charge < -0.3 is 19.1 Å². The molecule has 2 rings (SSSR count). The molecule has 0 aromatic heterocycles. The Labute approximate surface area is 170 Å². The van der Waals surface area contributed by atoms with Crippen LogP contribution in [0, 0.1) is 0 Å². The number of nitrogens with one attached hydrogen (secondary N) is 1. The summed E-state index contributed by atoms with van der Waals surface area (Å²) in [5.74, 6) is -1.19. The first-order chi connectivity index (χ1) is 14.0. The van der Waals surface area contributed by atoms with Gasteiger partial charge in [-0.3, -0.25) is 9.36 Å². The van der Waals surface area contributed by atoms with Crippen molar-refractivity contribution in [1.29, 1.82) is 0 Å². The summed E-state index contributed by atoms with van der Waals surface area (Å²) in [7, 11) is -3.59. The normalized spacial score (nSPS) is 12.2. The van der Waals surface area contributed by atoms with Gasteiger partial charge >= 0.3 is 13.6 Å². The van der Waals surface area contributed by atoms with Gasteiger partial charge in [-0.2, -0.15) is 0 Å². The number of hydrogen-bond acceptors (Lipinski definition) is 6. The van der Waals surface area contributed by atoms with E-state index in [0.29, 0.717) is 5.56 Å². The van der Waals surface area contributed by atoms with Crippen LogP contribution >= 0.6 is 7.60 Å². The van der Waals surface area contributed by atoms with E-state index >= 15 is 0 Å². The first-order valence-corrected chi connectivity index (χ1v) is 11.1. The molecule has 0 bridgehead atoms. The van der Waals surface area contributed by atoms with Crippen molar-refractivity contribution in [3.63, 3.8) is 0 Å². The van der Waals surface area contributed by atoms with E-state index < -0.39 is 25.5 Å². The molecular weight excluding hydrogens is 393 g/mol. The number of benzene rings is 2. The zero-order valence-electron chi connectivity index (χ0n) is 16.6. The Morgan fingerprint density at radius 2 is 1.48 bits per heavy atom. The maximum absolute atomic E-state index is 12.9. The summed E-state index contributed by atoms with van der Waals surface area (Å²) >= 11 is 0. The molecule has 0 spiro atoms. The van der Waals surface area contributed by atoms with Gasteiger partial charge in [0, 0.05) is 5.56 Å². The van der Waals surface area contributed by atoms with Crippen molar-refractivity contribution in [2.24, 2.45) is 0 Å². The molecule has 1 atom stereocenters. The van der Waals surface area contributed by atoms with Crippen molar-refractivity contribution in [3.05, 3.63) is 71.8 Å². The molecule has 8 heteroatoms. The van der Waals surface area contributed by atoms with Crippen LogP contribution in [0.1, 0.15) is 29.8 Å². The van der Waals surface area contributed by atoms with Crippen LogP contribution in [0.15, 0.2) is 60.7 Å². The summed E-state index contributed by atoms with van der Waals surface area (Å²) in [4.78, 5) is 25.2. The molecule has 2 aromatic carbocycles. The van der Waals surface area contributed by atoms with Crippen molar-refractivity contribution >= 4 is 19.5 Å². The minimum atomic E-state index is -3.59. The maximum atomic E-state index is 12.9. The zero-order chi connectivity index (χ0) is 21.1. The molecule has 0 saturated heterocycles. The Bertz CT molecular complexity index is 818. The number of ether oxygens (including phenoxy) is 1. The van der Waals surface area contributed by atoms with E-state index in [1.807, 2.05) is 30.3 Å². The highest BCUT2D eigenvalue weighted by Gasteiger charge is 2.34. The summed E-state index contributed by atoms with van der Waals surface area (Å²) in [6, 6.07) is 16.4. The molecule has 0 radical (unpaired) electrons. The molecule has 156 valence electrons. The van der Waals surface area contributed by atoms with Gasteiger partial charge in [0.2, 0.25) is 0 Å². The molecule has 0 unspecified atom stereocenters. The quantitative estimate of drug-likeness (QED) is 0.440. The second kappa shape index (κ2) is 11.5. The third-order valence-corrected chi connectivity index (χ3v) is 6.02. The second-order valence-electron chi connectivity index (χ2n) is 6.11. The van der Waals surface area contributed by atoms with E-state index in [9.17, 15) is 14.2 Å². The van der Waals surface area contributed by atoms with Gasteiger partial charge in [-0.1, -0.05) is 48.5 Å². The van der Waals surface area contributed by atoms with Gasteiger partial charge in [0.05, 0.1) is 19.4 Å². The molecule has 0 saturated carbocycles. The van der Waals surface area contributed by atoms with Crippen LogP contribution in [0.4, 0.5) is 0 Å². The van der Waals surface area contributed by atoms with Gasteiger partial charge in [0.15, 0.2) is 0 Å². The number of rotatable bonds is 11. The van der Waals surface area contributed by atoms with Crippen molar-refractivity contribution in [3.8, 4) is 0 Å². The van der Waals surface area contributed by atoms with E-state index in [-0.39, 0.29) is 26.0 Å². The average molecular weight is 419 g/mol. The summed E-state index contributed by atoms with van der Waals surface area (Å²) < 4.78 is 28.8. The van der Waals surface area contributed by atoms with Gasteiger partial charge in [-0.05, 0) is 31.5 Å². The fourth-order valence-corrected chi connectivity index (χ4v) is 4.36. The summed E-state index contributed by atoms with van der Waals surface area (Å²) in [5, 5.41) is 2.60. The number of carbonyl (C=O) groups excluding carboxylic acids is 2. The summed E-state index contributed by atoms with van der Waals surface area (Å²) in [6.45, 7) is 3.68. The summed E-state index contributed by atoms with van der Waals surface area (Å²) in [6.07, 6.45) is -0.319. The van der Waals surface area contributed by atoms with Gasteiger partial charge in [-0.15, -0.1) is 0 Å². The lowest BCUT2D eigenvalue weighted by atomic mass is 10.2. The molecule has 0 aliphatic carbocycles. The monoisotopic (exact) mass is 419 g/mol. The predicted octanol–water partition coefficient (Wildman–Crippen LogP) is 3.79. The fourth-order valence-electron chi connectivity index (χ4n) is 2.60. The van der Waals surface area contributed by atoms with E-state index in [1.165, 1.54) is 0 Å². The Kier molecular flexibility index (Phi) is 9.06. The molecule has 0 heterocycles. The third kappa shape index (κ3) is 7.46. The molecule has 0 aliphatic rings. The lowest BCUT2D eigenvalue weighted by molar-refractivity contribution is -0.146. The number of hydrogen-bond donors (Lipinski definition) is 1. The van der Waals surface area contributed by atoms with Crippen LogP contribution in [0.5, 0.6) is 0 Å². The van der Waals surface area contributed by atoms with Crippen molar-refractivity contribution in [2.75, 3.05) is 19.4 Å². The fraction of sp³-hybridized carbons (Fsp3) is 0.333. The van der Waals surface area contributed by atoms with E-state index in [4.69, 9.17) is 13.8 Å². The highest BCUT2D eigenvalue weighted by Crippen LogP contribution is 2.48. The standard InChI is InChI=1S/C21H26NO6P/c1-3-27-29(25,28-4-2)16-19(22-20(23)18-13-9-6-10-14-18)21(24)26-15-17-11-7-5-8-12-17/h5-14,19H,3-4,15-16H2,1-2H3,(H,22,23)/t19-/m1/s1. The Morgan fingerprint density at radius 1 is 0.931 bits per heavy atom. The minimum Gasteiger partial charge on any atom is -0.459 e. The van der Waals surface area contributed by atoms with Crippen molar-refractivity contribution < 1.29 is 27.9 Å². The molecule has 1 amide bonds. The Hall–Kier alpha value is -2.47. The van der Waals surface area contributed by atoms with Gasteiger partial charge in [-0.25, -0.2) is 4.79 Å². The molecule has 2 aromatic rings. The van der Waals surface area contributed by atoms with Crippen LogP contribution in [0.25, 0.3) is 0 Å². The van der Waals surface area contributed by atoms with Crippen LogP contribution in [-0.4, -0.2) is 37.3 Å². The lowest BCUT2D eigenvalue weighted by Gasteiger charge is -2.23. The number of carbonyl (C=O) groups is 2. The molecule has 0 aliphatic heterocycles. The Balaban J connectivity index is 2.15. The van der Waals surface area contributed by atoms with Gasteiger partial charge in [0.1, 0.15) is 12.6 Å². The molecule has 0 fully saturated rings. The van der Waals surface area contributed by atoms with Crippen LogP contribution in [0.3, 0.4) is 0 Å². The molecule has 7 nitrogen and oxygen atoms in total. The van der Waals surface area contributed by atoms with Crippen LogP contribution in [-0.2, 0) is 29.8 Å². The van der Waals surface area contributed by atoms with E-state index in [1.54, 1.807) is 44.2 Å². The SMILES string of the molecule is CCOP(=O)(C[C@@H](NC(=O)c1ccccc1)C(=O)OCc1ccccc1)OCC. The first kappa shape index (κ1) is 22.8. The number of esters is 1. The largest absolute Gasteiger partial charge is 0.459 e. The summed E-state index contributed by atoms with van der Waals surface area (Å²) in [5.41, 5.74) is 1.17. The topological polar surface area (TPSA) is 90.9 Å². The molecular formula is C21H26NO6P. The number of amides is 1. The van der Waals surface area contributed by atoms with E-state index in [2.05, 4.69) is 5.32 Å². The second-order valence-corrected chi connectivity index (χ2v) is 8.22. The first-order valence-electron chi connectivity index (χ1n) is 9.42. The maximum Gasteiger partial charge on any atom is 0.333 e. The van der Waals surface area contributed by atoms with E-state index in [0.717, 1.165) is 5.56 Å². The Morgan fingerprint density at radius 3 is 2.03 bits per heavy atom. The minimum absolute atomic E-state index is 0.0327. The highest BCUT2D eigenvalue weighted by atomic mass is 31.2. The zero-order valence-corrected chi connectivity index (χ0v) is 17.5. The van der Waals surface area contributed by atoms with Crippen LogP contribution < -0.4 is 5.32 Å². The van der Waals surface area contributed by atoms with Crippen molar-refractivity contribution in [2.45, 2.75) is 26.5 Å². The highest BCUT2D eigenvalue weighted by molar-refractivity contribution is 7.54. The molecule has 1 N–H and O–H groups in total. The lowest BCUT2D eigenvalue weighted by Crippen LogP contribution is -2.44. The van der Waals surface area contributed by atoms with Crippen LogP contribution in [0.2, 0.25) is 0 Å². The van der Waals surface area contributed by atoms with Crippen molar-refractivity contribution in [1.82, 2.24) is 5.32 Å². The predicted molar refractivity (Wildman–Crippen MR) is 110 cm³/mol.